The maximum absolute atomic E-state index is 6.36. The van der Waals surface area contributed by atoms with E-state index in [0.29, 0.717) is 12.6 Å². The van der Waals surface area contributed by atoms with Gasteiger partial charge in [0, 0.05) is 18.0 Å². The molecule has 2 N–H and O–H groups in total. The Bertz CT molecular complexity index is 616. The summed E-state index contributed by atoms with van der Waals surface area (Å²) in [6.07, 6.45) is 3.89. The molecular formula is C18H24N2O. The van der Waals surface area contributed by atoms with Crippen LogP contribution in [0.5, 0.6) is 5.75 Å². The van der Waals surface area contributed by atoms with Gasteiger partial charge in [-0.25, -0.2) is 0 Å². The number of fused-ring (bicyclic) bond motifs is 1. The van der Waals surface area contributed by atoms with Crippen LogP contribution in [0.15, 0.2) is 30.3 Å². The first-order valence-corrected chi connectivity index (χ1v) is 7.91. The van der Waals surface area contributed by atoms with Gasteiger partial charge in [0.2, 0.25) is 0 Å². The summed E-state index contributed by atoms with van der Waals surface area (Å²) in [6, 6.07) is 10.1. The quantitative estimate of drug-likeness (QED) is 0.930. The number of nitrogens with zero attached hydrogens (tertiary/aromatic N) is 1. The third-order valence-electron chi connectivity index (χ3n) is 4.37. The van der Waals surface area contributed by atoms with Gasteiger partial charge in [0.1, 0.15) is 5.75 Å². The molecule has 3 rings (SSSR count). The van der Waals surface area contributed by atoms with Crippen molar-refractivity contribution in [3.8, 4) is 5.75 Å². The average Bonchev–Trinajstić information content (AvgIpc) is 2.46. The van der Waals surface area contributed by atoms with Crippen LogP contribution in [0.1, 0.15) is 38.8 Å². The minimum absolute atomic E-state index is 0.306. The van der Waals surface area contributed by atoms with Gasteiger partial charge in [-0.1, -0.05) is 26.0 Å². The van der Waals surface area contributed by atoms with Gasteiger partial charge < -0.3 is 10.5 Å². The Morgan fingerprint density at radius 2 is 1.86 bits per heavy atom. The standard InChI is InChI=1S/C18H24N2O/c1-12-7-13(2)9-15(8-12)21-18-10-14(11-19)20-17-6-4-3-5-16(17)18/h3-6,10,12-13,15H,7-9,11,19H2,1-2H3. The van der Waals surface area contributed by atoms with E-state index in [9.17, 15) is 0 Å². The van der Waals surface area contributed by atoms with Gasteiger partial charge in [-0.3, -0.25) is 4.98 Å². The molecule has 0 radical (unpaired) electrons. The summed E-state index contributed by atoms with van der Waals surface area (Å²) in [5.41, 5.74) is 7.62. The monoisotopic (exact) mass is 284 g/mol. The topological polar surface area (TPSA) is 48.1 Å². The lowest BCUT2D eigenvalue weighted by Crippen LogP contribution is -2.28. The van der Waals surface area contributed by atoms with Gasteiger partial charge in [-0.05, 0) is 43.2 Å². The summed E-state index contributed by atoms with van der Waals surface area (Å²) in [6.45, 7) is 5.09. The fraction of sp³-hybridized carbons (Fsp3) is 0.500. The molecular weight excluding hydrogens is 260 g/mol. The van der Waals surface area contributed by atoms with Crippen LogP contribution < -0.4 is 10.5 Å². The molecule has 0 bridgehead atoms. The van der Waals surface area contributed by atoms with Crippen molar-refractivity contribution in [3.05, 3.63) is 36.0 Å². The predicted molar refractivity (Wildman–Crippen MR) is 86.2 cm³/mol. The van der Waals surface area contributed by atoms with Crippen molar-refractivity contribution in [2.24, 2.45) is 17.6 Å². The Balaban J connectivity index is 1.92. The molecule has 1 aromatic carbocycles. The first kappa shape index (κ1) is 14.3. The highest BCUT2D eigenvalue weighted by Gasteiger charge is 2.25. The fourth-order valence-corrected chi connectivity index (χ4v) is 3.55. The maximum Gasteiger partial charge on any atom is 0.130 e. The van der Waals surface area contributed by atoms with E-state index in [2.05, 4.69) is 24.9 Å². The first-order valence-electron chi connectivity index (χ1n) is 7.91. The molecule has 2 aromatic rings. The van der Waals surface area contributed by atoms with E-state index in [-0.39, 0.29) is 0 Å². The van der Waals surface area contributed by atoms with Crippen LogP contribution in [0.25, 0.3) is 10.9 Å². The highest BCUT2D eigenvalue weighted by molar-refractivity contribution is 5.85. The first-order chi connectivity index (χ1) is 10.2. The lowest BCUT2D eigenvalue weighted by Gasteiger charge is -2.32. The second-order valence-electron chi connectivity index (χ2n) is 6.49. The molecule has 2 unspecified atom stereocenters. The summed E-state index contributed by atoms with van der Waals surface area (Å²) in [4.78, 5) is 4.57. The van der Waals surface area contributed by atoms with Crippen molar-refractivity contribution >= 4 is 10.9 Å². The van der Waals surface area contributed by atoms with Crippen LogP contribution in [0.3, 0.4) is 0 Å². The molecule has 21 heavy (non-hydrogen) atoms. The van der Waals surface area contributed by atoms with Crippen molar-refractivity contribution in [1.82, 2.24) is 4.98 Å². The van der Waals surface area contributed by atoms with Crippen molar-refractivity contribution in [2.75, 3.05) is 0 Å². The Morgan fingerprint density at radius 3 is 2.57 bits per heavy atom. The summed E-state index contributed by atoms with van der Waals surface area (Å²) >= 11 is 0. The van der Waals surface area contributed by atoms with Gasteiger partial charge >= 0.3 is 0 Å². The van der Waals surface area contributed by atoms with E-state index in [4.69, 9.17) is 10.5 Å². The summed E-state index contributed by atoms with van der Waals surface area (Å²) in [7, 11) is 0. The predicted octanol–water partition coefficient (Wildman–Crippen LogP) is 3.90. The van der Waals surface area contributed by atoms with E-state index in [0.717, 1.165) is 47.0 Å². The SMILES string of the molecule is CC1CC(C)CC(Oc2cc(CN)nc3ccccc23)C1. The number of aromatic nitrogens is 1. The zero-order valence-corrected chi connectivity index (χ0v) is 12.9. The van der Waals surface area contributed by atoms with E-state index in [1.807, 2.05) is 24.3 Å². The van der Waals surface area contributed by atoms with Crippen LogP contribution in [0.4, 0.5) is 0 Å². The second-order valence-corrected chi connectivity index (χ2v) is 6.49. The van der Waals surface area contributed by atoms with Crippen LogP contribution in [0.2, 0.25) is 0 Å². The number of rotatable bonds is 3. The van der Waals surface area contributed by atoms with Crippen molar-refractivity contribution in [2.45, 2.75) is 45.8 Å². The molecule has 0 saturated heterocycles. The van der Waals surface area contributed by atoms with Gasteiger partial charge in [0.25, 0.3) is 0 Å². The van der Waals surface area contributed by atoms with Crippen molar-refractivity contribution in [3.63, 3.8) is 0 Å². The molecule has 0 aliphatic heterocycles. The summed E-state index contributed by atoms with van der Waals surface area (Å²) in [5, 5.41) is 1.08. The highest BCUT2D eigenvalue weighted by Crippen LogP contribution is 2.33. The lowest BCUT2D eigenvalue weighted by molar-refractivity contribution is 0.102. The maximum atomic E-state index is 6.36. The van der Waals surface area contributed by atoms with Gasteiger partial charge in [0.05, 0.1) is 17.3 Å². The number of hydrogen-bond acceptors (Lipinski definition) is 3. The molecule has 1 saturated carbocycles. The Hall–Kier alpha value is -1.61. The number of hydrogen-bond donors (Lipinski definition) is 1. The van der Waals surface area contributed by atoms with E-state index in [1.165, 1.54) is 6.42 Å². The minimum atomic E-state index is 0.306. The third-order valence-corrected chi connectivity index (χ3v) is 4.37. The number of ether oxygens (including phenoxy) is 1. The third kappa shape index (κ3) is 3.18. The largest absolute Gasteiger partial charge is 0.490 e. The van der Waals surface area contributed by atoms with Crippen LogP contribution in [0, 0.1) is 11.8 Å². The normalized spacial score (nSPS) is 26.0. The molecule has 2 atom stereocenters. The number of benzene rings is 1. The molecule has 1 heterocycles. The molecule has 3 heteroatoms. The minimum Gasteiger partial charge on any atom is -0.490 e. The van der Waals surface area contributed by atoms with E-state index >= 15 is 0 Å². The van der Waals surface area contributed by atoms with Crippen molar-refractivity contribution in [1.29, 1.82) is 0 Å². The molecule has 1 fully saturated rings. The Labute approximate surface area is 126 Å². The average molecular weight is 284 g/mol. The fourth-order valence-electron chi connectivity index (χ4n) is 3.55. The second kappa shape index (κ2) is 6.02. The van der Waals surface area contributed by atoms with E-state index in [1.54, 1.807) is 0 Å². The van der Waals surface area contributed by atoms with Gasteiger partial charge in [-0.2, -0.15) is 0 Å². The molecule has 0 amide bonds. The smallest absolute Gasteiger partial charge is 0.130 e. The highest BCUT2D eigenvalue weighted by atomic mass is 16.5. The number of nitrogens with two attached hydrogens (primary N) is 1. The van der Waals surface area contributed by atoms with Crippen LogP contribution in [-0.4, -0.2) is 11.1 Å². The van der Waals surface area contributed by atoms with Gasteiger partial charge in [0.15, 0.2) is 0 Å². The van der Waals surface area contributed by atoms with Crippen molar-refractivity contribution < 1.29 is 4.74 Å². The van der Waals surface area contributed by atoms with Crippen LogP contribution >= 0.6 is 0 Å². The Kier molecular flexibility index (Phi) is 4.11. The van der Waals surface area contributed by atoms with Crippen LogP contribution in [-0.2, 0) is 6.54 Å². The number of para-hydroxylation sites is 1. The lowest BCUT2D eigenvalue weighted by atomic mass is 9.82. The summed E-state index contributed by atoms with van der Waals surface area (Å²) < 4.78 is 6.36. The van der Waals surface area contributed by atoms with E-state index < -0.39 is 0 Å². The molecule has 0 spiro atoms. The summed E-state index contributed by atoms with van der Waals surface area (Å²) in [5.74, 6) is 2.41. The van der Waals surface area contributed by atoms with Gasteiger partial charge in [-0.15, -0.1) is 0 Å². The molecule has 112 valence electrons. The number of pyridine rings is 1. The molecule has 1 aromatic heterocycles. The zero-order chi connectivity index (χ0) is 14.8. The zero-order valence-electron chi connectivity index (χ0n) is 12.9. The Morgan fingerprint density at radius 1 is 1.14 bits per heavy atom. The molecule has 1 aliphatic rings. The molecule has 1 aliphatic carbocycles. The molecule has 3 nitrogen and oxygen atoms in total.